The number of methoxy groups -OCH3 is 1. The van der Waals surface area contributed by atoms with E-state index in [2.05, 4.69) is 4.98 Å². The molecule has 0 saturated carbocycles. The van der Waals surface area contributed by atoms with Gasteiger partial charge in [-0.05, 0) is 32.9 Å². The third-order valence-electron chi connectivity index (χ3n) is 3.02. The Balaban J connectivity index is 2.45. The summed E-state index contributed by atoms with van der Waals surface area (Å²) in [7, 11) is 1.61. The monoisotopic (exact) mass is 276 g/mol. The Labute approximate surface area is 118 Å². The maximum atomic E-state index is 12.1. The molecule has 0 saturated heterocycles. The van der Waals surface area contributed by atoms with Crippen molar-refractivity contribution in [1.82, 2.24) is 9.55 Å². The van der Waals surface area contributed by atoms with Gasteiger partial charge in [0.2, 0.25) is 0 Å². The maximum Gasteiger partial charge on any atom is 0.329 e. The number of hydrogen-bond acceptors (Lipinski definition) is 4. The number of fused-ring (bicyclic) bond motifs is 1. The minimum absolute atomic E-state index is 0.134. The third-order valence-corrected chi connectivity index (χ3v) is 3.02. The molecule has 1 aromatic carbocycles. The lowest BCUT2D eigenvalue weighted by molar-refractivity contribution is -0.150. The molecule has 108 valence electrons. The Hall–Kier alpha value is -1.88. The van der Waals surface area contributed by atoms with Gasteiger partial charge in [0.25, 0.3) is 0 Å². The normalized spacial score (nSPS) is 12.8. The van der Waals surface area contributed by atoms with Crippen LogP contribution in [0.5, 0.6) is 0 Å². The standard InChI is InChI=1S/C15H20N2O3/c1-10(2)20-15(18)11(3)17-13-8-6-5-7-12(13)16-14(17)9-19-4/h5-8,10-11H,9H2,1-4H3/t11-/m1/s1. The Morgan fingerprint density at radius 2 is 2.00 bits per heavy atom. The largest absolute Gasteiger partial charge is 0.461 e. The van der Waals surface area contributed by atoms with Crippen LogP contribution in [0.3, 0.4) is 0 Å². The molecule has 0 aliphatic rings. The maximum absolute atomic E-state index is 12.1. The van der Waals surface area contributed by atoms with Crippen molar-refractivity contribution in [2.75, 3.05) is 7.11 Å². The highest BCUT2D eigenvalue weighted by atomic mass is 16.5. The number of rotatable bonds is 5. The molecule has 0 bridgehead atoms. The Bertz CT molecular complexity index is 604. The van der Waals surface area contributed by atoms with Crippen LogP contribution in [-0.2, 0) is 20.9 Å². The molecule has 0 fully saturated rings. The number of para-hydroxylation sites is 2. The highest BCUT2D eigenvalue weighted by Gasteiger charge is 2.23. The van der Waals surface area contributed by atoms with Gasteiger partial charge < -0.3 is 14.0 Å². The van der Waals surface area contributed by atoms with Gasteiger partial charge >= 0.3 is 5.97 Å². The summed E-state index contributed by atoms with van der Waals surface area (Å²) in [6.45, 7) is 5.85. The first-order valence-corrected chi connectivity index (χ1v) is 6.70. The van der Waals surface area contributed by atoms with Gasteiger partial charge in [-0.25, -0.2) is 9.78 Å². The summed E-state index contributed by atoms with van der Waals surface area (Å²) in [6.07, 6.45) is -0.134. The zero-order valence-electron chi connectivity index (χ0n) is 12.3. The third kappa shape index (κ3) is 2.82. The van der Waals surface area contributed by atoms with E-state index in [1.165, 1.54) is 0 Å². The van der Waals surface area contributed by atoms with Crippen molar-refractivity contribution in [3.8, 4) is 0 Å². The topological polar surface area (TPSA) is 53.4 Å². The van der Waals surface area contributed by atoms with Crippen LogP contribution in [0, 0.1) is 0 Å². The highest BCUT2D eigenvalue weighted by Crippen LogP contribution is 2.22. The zero-order chi connectivity index (χ0) is 14.7. The number of ether oxygens (including phenoxy) is 2. The molecule has 5 heteroatoms. The molecule has 0 amide bonds. The number of hydrogen-bond donors (Lipinski definition) is 0. The fourth-order valence-corrected chi connectivity index (χ4v) is 2.19. The van der Waals surface area contributed by atoms with E-state index in [-0.39, 0.29) is 12.1 Å². The Kier molecular flexibility index (Phi) is 4.39. The number of esters is 1. The highest BCUT2D eigenvalue weighted by molar-refractivity contribution is 5.81. The second-order valence-corrected chi connectivity index (χ2v) is 4.98. The summed E-state index contributed by atoms with van der Waals surface area (Å²) in [5, 5.41) is 0. The SMILES string of the molecule is COCc1nc2ccccc2n1[C@H](C)C(=O)OC(C)C. The molecular weight excluding hydrogens is 256 g/mol. The first-order chi connectivity index (χ1) is 9.54. The average Bonchev–Trinajstić information content (AvgIpc) is 2.75. The molecule has 0 aliphatic heterocycles. The first kappa shape index (κ1) is 14.5. The quantitative estimate of drug-likeness (QED) is 0.788. The molecule has 0 aliphatic carbocycles. The van der Waals surface area contributed by atoms with Crippen molar-refractivity contribution in [2.24, 2.45) is 0 Å². The second-order valence-electron chi connectivity index (χ2n) is 4.98. The van der Waals surface area contributed by atoms with Crippen molar-refractivity contribution in [3.05, 3.63) is 30.1 Å². The van der Waals surface area contributed by atoms with Crippen molar-refractivity contribution in [1.29, 1.82) is 0 Å². The van der Waals surface area contributed by atoms with Crippen LogP contribution in [0.25, 0.3) is 11.0 Å². The molecule has 0 N–H and O–H groups in total. The molecule has 20 heavy (non-hydrogen) atoms. The number of benzene rings is 1. The fraction of sp³-hybridized carbons (Fsp3) is 0.467. The fourth-order valence-electron chi connectivity index (χ4n) is 2.19. The molecule has 2 aromatic rings. The van der Waals surface area contributed by atoms with Gasteiger partial charge in [0.05, 0.1) is 17.1 Å². The summed E-state index contributed by atoms with van der Waals surface area (Å²) in [5.74, 6) is 0.461. The van der Waals surface area contributed by atoms with Crippen molar-refractivity contribution >= 4 is 17.0 Å². The molecular formula is C15H20N2O3. The Morgan fingerprint density at radius 1 is 1.30 bits per heavy atom. The Morgan fingerprint density at radius 3 is 2.65 bits per heavy atom. The van der Waals surface area contributed by atoms with Crippen molar-refractivity contribution in [3.63, 3.8) is 0 Å². The van der Waals surface area contributed by atoms with E-state index in [1.54, 1.807) is 7.11 Å². The lowest BCUT2D eigenvalue weighted by atomic mass is 10.2. The van der Waals surface area contributed by atoms with Crippen LogP contribution in [0.4, 0.5) is 0 Å². The molecule has 0 spiro atoms. The van der Waals surface area contributed by atoms with Crippen molar-refractivity contribution < 1.29 is 14.3 Å². The average molecular weight is 276 g/mol. The first-order valence-electron chi connectivity index (χ1n) is 6.70. The zero-order valence-corrected chi connectivity index (χ0v) is 12.3. The van der Waals surface area contributed by atoms with Gasteiger partial charge in [0.1, 0.15) is 18.5 Å². The molecule has 1 atom stereocenters. The van der Waals surface area contributed by atoms with Gasteiger partial charge in [0, 0.05) is 7.11 Å². The summed E-state index contributed by atoms with van der Waals surface area (Å²) >= 11 is 0. The summed E-state index contributed by atoms with van der Waals surface area (Å²) in [6, 6.07) is 7.28. The molecule has 1 aromatic heterocycles. The number of carbonyl (C=O) groups is 1. The van der Waals surface area contributed by atoms with Gasteiger partial charge in [-0.2, -0.15) is 0 Å². The van der Waals surface area contributed by atoms with E-state index >= 15 is 0 Å². The molecule has 5 nitrogen and oxygen atoms in total. The summed E-state index contributed by atoms with van der Waals surface area (Å²) in [4.78, 5) is 16.7. The minimum atomic E-state index is -0.435. The van der Waals surface area contributed by atoms with E-state index < -0.39 is 6.04 Å². The van der Waals surface area contributed by atoms with Crippen LogP contribution in [0.2, 0.25) is 0 Å². The number of imidazole rings is 1. The van der Waals surface area contributed by atoms with Crippen LogP contribution in [-0.4, -0.2) is 28.7 Å². The number of carbonyl (C=O) groups excluding carboxylic acids is 1. The van der Waals surface area contributed by atoms with E-state index in [9.17, 15) is 4.79 Å². The van der Waals surface area contributed by atoms with E-state index in [0.29, 0.717) is 6.61 Å². The lowest BCUT2D eigenvalue weighted by Crippen LogP contribution is -2.23. The molecule has 0 unspecified atom stereocenters. The predicted molar refractivity (Wildman–Crippen MR) is 76.4 cm³/mol. The van der Waals surface area contributed by atoms with Crippen molar-refractivity contribution in [2.45, 2.75) is 39.5 Å². The van der Waals surface area contributed by atoms with E-state index in [4.69, 9.17) is 9.47 Å². The minimum Gasteiger partial charge on any atom is -0.461 e. The van der Waals surface area contributed by atoms with Crippen LogP contribution in [0.15, 0.2) is 24.3 Å². The smallest absolute Gasteiger partial charge is 0.329 e. The van der Waals surface area contributed by atoms with Gasteiger partial charge in [0.15, 0.2) is 0 Å². The molecule has 0 radical (unpaired) electrons. The summed E-state index contributed by atoms with van der Waals surface area (Å²) < 4.78 is 12.3. The predicted octanol–water partition coefficient (Wildman–Crippen LogP) is 2.70. The van der Waals surface area contributed by atoms with E-state index in [0.717, 1.165) is 16.9 Å². The van der Waals surface area contributed by atoms with Gasteiger partial charge in [-0.15, -0.1) is 0 Å². The van der Waals surface area contributed by atoms with E-state index in [1.807, 2.05) is 49.6 Å². The second kappa shape index (κ2) is 6.05. The molecule has 1 heterocycles. The van der Waals surface area contributed by atoms with Crippen LogP contribution in [0.1, 0.15) is 32.6 Å². The van der Waals surface area contributed by atoms with Crippen LogP contribution < -0.4 is 0 Å². The van der Waals surface area contributed by atoms with Gasteiger partial charge in [-0.3, -0.25) is 0 Å². The number of aromatic nitrogens is 2. The lowest BCUT2D eigenvalue weighted by Gasteiger charge is -2.18. The molecule has 2 rings (SSSR count). The summed E-state index contributed by atoms with van der Waals surface area (Å²) in [5.41, 5.74) is 1.76. The van der Waals surface area contributed by atoms with Crippen LogP contribution >= 0.6 is 0 Å². The number of nitrogens with zero attached hydrogens (tertiary/aromatic N) is 2. The van der Waals surface area contributed by atoms with Gasteiger partial charge in [-0.1, -0.05) is 12.1 Å².